The molecule has 0 aliphatic rings. The largest absolute Gasteiger partial charge is 0.416 e. The average Bonchev–Trinajstić information content (AvgIpc) is 2.88. The van der Waals surface area contributed by atoms with Crippen LogP contribution in [-0.4, -0.2) is 27.2 Å². The topological polar surface area (TPSA) is 57.7 Å². The number of anilines is 2. The summed E-state index contributed by atoms with van der Waals surface area (Å²) in [6.07, 6.45) is -2.91. The first-order valence-corrected chi connectivity index (χ1v) is 6.51. The molecule has 0 saturated heterocycles. The van der Waals surface area contributed by atoms with Crippen LogP contribution >= 0.6 is 11.6 Å². The van der Waals surface area contributed by atoms with E-state index >= 15 is 0 Å². The van der Waals surface area contributed by atoms with E-state index in [1.807, 2.05) is 0 Å². The second kappa shape index (κ2) is 5.13. The van der Waals surface area contributed by atoms with E-state index in [0.29, 0.717) is 17.0 Å². The standard InChI is InChI=1S/C13H9ClF3N5/c1-22(10-4-5-18-12(14)19-10)11-8-3-2-7(13(15,16)17)6-9(8)20-21-11/h2-6H,1H3,(H,20,21). The molecular formula is C13H9ClF3N5. The molecule has 2 heterocycles. The summed E-state index contributed by atoms with van der Waals surface area (Å²) < 4.78 is 38.1. The Morgan fingerprint density at radius 2 is 2.00 bits per heavy atom. The van der Waals surface area contributed by atoms with Crippen molar-refractivity contribution in [2.45, 2.75) is 6.18 Å². The van der Waals surface area contributed by atoms with E-state index in [4.69, 9.17) is 11.6 Å². The maximum atomic E-state index is 12.7. The van der Waals surface area contributed by atoms with Crippen LogP contribution in [0.4, 0.5) is 24.8 Å². The van der Waals surface area contributed by atoms with Gasteiger partial charge in [0.1, 0.15) is 5.82 Å². The lowest BCUT2D eigenvalue weighted by Crippen LogP contribution is -2.12. The molecule has 0 unspecified atom stereocenters. The van der Waals surface area contributed by atoms with Crippen molar-refractivity contribution in [2.75, 3.05) is 11.9 Å². The van der Waals surface area contributed by atoms with Gasteiger partial charge in [-0.25, -0.2) is 9.97 Å². The van der Waals surface area contributed by atoms with Crippen molar-refractivity contribution < 1.29 is 13.2 Å². The Morgan fingerprint density at radius 1 is 1.23 bits per heavy atom. The van der Waals surface area contributed by atoms with Gasteiger partial charge in [-0.05, 0) is 35.9 Å². The maximum Gasteiger partial charge on any atom is 0.416 e. The summed E-state index contributed by atoms with van der Waals surface area (Å²) in [6.45, 7) is 0. The van der Waals surface area contributed by atoms with Crippen LogP contribution in [0.15, 0.2) is 30.5 Å². The summed E-state index contributed by atoms with van der Waals surface area (Å²) >= 11 is 5.74. The smallest absolute Gasteiger partial charge is 0.312 e. The van der Waals surface area contributed by atoms with Gasteiger partial charge in [0.15, 0.2) is 5.82 Å². The number of hydrogen-bond donors (Lipinski definition) is 1. The van der Waals surface area contributed by atoms with Crippen LogP contribution in [0.5, 0.6) is 0 Å². The molecule has 0 amide bonds. The second-order valence-corrected chi connectivity index (χ2v) is 4.89. The summed E-state index contributed by atoms with van der Waals surface area (Å²) in [6, 6.07) is 5.03. The van der Waals surface area contributed by atoms with Crippen molar-refractivity contribution in [3.63, 3.8) is 0 Å². The van der Waals surface area contributed by atoms with Crippen LogP contribution in [0, 0.1) is 0 Å². The highest BCUT2D eigenvalue weighted by Gasteiger charge is 2.31. The molecule has 1 aromatic carbocycles. The highest BCUT2D eigenvalue weighted by molar-refractivity contribution is 6.28. The molecule has 0 aliphatic carbocycles. The molecule has 2 aromatic heterocycles. The van der Waals surface area contributed by atoms with E-state index in [1.54, 1.807) is 18.0 Å². The Kier molecular flexibility index (Phi) is 3.40. The number of nitrogens with zero attached hydrogens (tertiary/aromatic N) is 4. The minimum atomic E-state index is -4.40. The summed E-state index contributed by atoms with van der Waals surface area (Å²) in [5, 5.41) is 7.27. The predicted octanol–water partition coefficient (Wildman–Crippen LogP) is 3.79. The van der Waals surface area contributed by atoms with Crippen molar-refractivity contribution in [3.8, 4) is 0 Å². The molecule has 0 aliphatic heterocycles. The molecule has 0 fully saturated rings. The molecule has 5 nitrogen and oxygen atoms in total. The zero-order chi connectivity index (χ0) is 15.9. The van der Waals surface area contributed by atoms with E-state index in [1.165, 1.54) is 12.3 Å². The van der Waals surface area contributed by atoms with Gasteiger partial charge < -0.3 is 4.90 Å². The first-order valence-electron chi connectivity index (χ1n) is 6.14. The molecule has 0 radical (unpaired) electrons. The average molecular weight is 328 g/mol. The van der Waals surface area contributed by atoms with Gasteiger partial charge in [-0.3, -0.25) is 5.10 Å². The molecular weight excluding hydrogens is 319 g/mol. The molecule has 0 saturated carbocycles. The normalized spacial score (nSPS) is 11.9. The summed E-state index contributed by atoms with van der Waals surface area (Å²) in [7, 11) is 1.69. The third kappa shape index (κ3) is 2.57. The predicted molar refractivity (Wildman–Crippen MR) is 76.2 cm³/mol. The quantitative estimate of drug-likeness (QED) is 0.727. The minimum Gasteiger partial charge on any atom is -0.312 e. The summed E-state index contributed by atoms with van der Waals surface area (Å²) in [5.41, 5.74) is -0.445. The SMILES string of the molecule is CN(c1ccnc(Cl)n1)c1n[nH]c2cc(C(F)(F)F)ccc12. The van der Waals surface area contributed by atoms with Crippen LogP contribution in [0.1, 0.15) is 5.56 Å². The highest BCUT2D eigenvalue weighted by Crippen LogP contribution is 2.34. The van der Waals surface area contributed by atoms with E-state index in [9.17, 15) is 13.2 Å². The van der Waals surface area contributed by atoms with E-state index in [0.717, 1.165) is 12.1 Å². The monoisotopic (exact) mass is 327 g/mol. The maximum absolute atomic E-state index is 12.7. The van der Waals surface area contributed by atoms with E-state index in [-0.39, 0.29) is 10.8 Å². The first kappa shape index (κ1) is 14.6. The lowest BCUT2D eigenvalue weighted by molar-refractivity contribution is -0.137. The fourth-order valence-electron chi connectivity index (χ4n) is 2.06. The zero-order valence-corrected chi connectivity index (χ0v) is 11.9. The highest BCUT2D eigenvalue weighted by atomic mass is 35.5. The number of benzene rings is 1. The molecule has 0 spiro atoms. The number of hydrogen-bond acceptors (Lipinski definition) is 4. The molecule has 0 bridgehead atoms. The van der Waals surface area contributed by atoms with Crippen LogP contribution < -0.4 is 4.90 Å². The van der Waals surface area contributed by atoms with Crippen LogP contribution in [-0.2, 0) is 6.18 Å². The third-order valence-electron chi connectivity index (χ3n) is 3.14. The first-order chi connectivity index (χ1) is 10.4. The fourth-order valence-corrected chi connectivity index (χ4v) is 2.20. The Labute approximate surface area is 127 Å². The third-order valence-corrected chi connectivity index (χ3v) is 3.32. The van der Waals surface area contributed by atoms with Gasteiger partial charge in [0.05, 0.1) is 11.1 Å². The Morgan fingerprint density at radius 3 is 2.68 bits per heavy atom. The van der Waals surface area contributed by atoms with Gasteiger partial charge in [-0.2, -0.15) is 18.3 Å². The van der Waals surface area contributed by atoms with Gasteiger partial charge in [0, 0.05) is 18.6 Å². The molecule has 0 atom stereocenters. The fraction of sp³-hybridized carbons (Fsp3) is 0.154. The van der Waals surface area contributed by atoms with Gasteiger partial charge in [-0.1, -0.05) is 0 Å². The number of H-pyrrole nitrogens is 1. The van der Waals surface area contributed by atoms with Crippen molar-refractivity contribution in [1.82, 2.24) is 20.2 Å². The number of aromatic amines is 1. The van der Waals surface area contributed by atoms with E-state index < -0.39 is 11.7 Å². The van der Waals surface area contributed by atoms with Crippen LogP contribution in [0.25, 0.3) is 10.9 Å². The Hall–Kier alpha value is -2.35. The van der Waals surface area contributed by atoms with E-state index in [2.05, 4.69) is 20.2 Å². The Bertz CT molecular complexity index is 830. The van der Waals surface area contributed by atoms with Crippen molar-refractivity contribution in [2.24, 2.45) is 0 Å². The molecule has 3 aromatic rings. The number of aromatic nitrogens is 4. The summed E-state index contributed by atoms with van der Waals surface area (Å²) in [5.74, 6) is 0.923. The van der Waals surface area contributed by atoms with Gasteiger partial charge in [0.2, 0.25) is 5.28 Å². The van der Waals surface area contributed by atoms with Crippen molar-refractivity contribution in [1.29, 1.82) is 0 Å². The number of nitrogens with one attached hydrogen (secondary N) is 1. The minimum absolute atomic E-state index is 0.0727. The van der Waals surface area contributed by atoms with Crippen LogP contribution in [0.3, 0.4) is 0 Å². The van der Waals surface area contributed by atoms with Crippen molar-refractivity contribution >= 4 is 34.1 Å². The molecule has 9 heteroatoms. The van der Waals surface area contributed by atoms with Gasteiger partial charge in [-0.15, -0.1) is 0 Å². The Balaban J connectivity index is 2.05. The molecule has 1 N–H and O–H groups in total. The van der Waals surface area contributed by atoms with Crippen molar-refractivity contribution in [3.05, 3.63) is 41.3 Å². The molecule has 3 rings (SSSR count). The zero-order valence-electron chi connectivity index (χ0n) is 11.2. The lowest BCUT2D eigenvalue weighted by atomic mass is 10.1. The number of fused-ring (bicyclic) bond motifs is 1. The number of alkyl halides is 3. The van der Waals surface area contributed by atoms with Gasteiger partial charge >= 0.3 is 6.18 Å². The summed E-state index contributed by atoms with van der Waals surface area (Å²) in [4.78, 5) is 9.43. The molecule has 114 valence electrons. The second-order valence-electron chi connectivity index (χ2n) is 4.55. The molecule has 22 heavy (non-hydrogen) atoms. The van der Waals surface area contributed by atoms with Gasteiger partial charge in [0.25, 0.3) is 0 Å². The van der Waals surface area contributed by atoms with Crippen LogP contribution in [0.2, 0.25) is 5.28 Å². The lowest BCUT2D eigenvalue weighted by Gasteiger charge is -2.15. The number of rotatable bonds is 2. The number of halogens is 4.